The van der Waals surface area contributed by atoms with Crippen molar-refractivity contribution in [3.8, 4) is 0 Å². The van der Waals surface area contributed by atoms with Crippen molar-refractivity contribution in [2.75, 3.05) is 0 Å². The van der Waals surface area contributed by atoms with Gasteiger partial charge in [0.2, 0.25) is 0 Å². The Labute approximate surface area is 280 Å². The number of hydrogen-bond acceptors (Lipinski definition) is 3. The van der Waals surface area contributed by atoms with Crippen LogP contribution in [-0.4, -0.2) is 13.9 Å². The Kier molecular flexibility index (Phi) is 20.7. The smallest absolute Gasteiger partial charge is 0.0654 e. The monoisotopic (exact) mass is 766 g/mol. The van der Waals surface area contributed by atoms with Crippen LogP contribution in [-0.2, 0) is 25.5 Å². The molecule has 0 amide bonds. The predicted octanol–water partition coefficient (Wildman–Crippen LogP) is 12.9. The van der Waals surface area contributed by atoms with Gasteiger partial charge in [0.15, 0.2) is 0 Å². The van der Waals surface area contributed by atoms with E-state index in [-0.39, 0.29) is 0 Å². The van der Waals surface area contributed by atoms with Gasteiger partial charge in [-0.15, -0.1) is 0 Å². The fourth-order valence-electron chi connectivity index (χ4n) is 5.64. The normalized spacial score (nSPS) is 12.5. The summed E-state index contributed by atoms with van der Waals surface area (Å²) in [6.07, 6.45) is 25.4. The first-order valence-electron chi connectivity index (χ1n) is 17.6. The minimum Gasteiger partial charge on any atom is -0.0654 e. The summed E-state index contributed by atoms with van der Waals surface area (Å²) in [5.41, 5.74) is -3.64. The Morgan fingerprint density at radius 1 is 0.533 bits per heavy atom. The standard InChI is InChI=1S/C37H58F3IO3S/c1-3-5-7-9-11-13-15-17-19-21-27-33-29-23-25-31-35(33)41(44-45(42,43)37(38,39)40)36-32-26-24-30-34(36)28-22-20-18-16-14-12-10-8-6-4-2/h23-26,29-32H,3-22,27-28H2,1-2H3. The van der Waals surface area contributed by atoms with Crippen LogP contribution in [0.2, 0.25) is 0 Å². The molecule has 3 nitrogen and oxygen atoms in total. The second kappa shape index (κ2) is 23.2. The van der Waals surface area contributed by atoms with Crippen molar-refractivity contribution in [2.45, 2.75) is 161 Å². The average Bonchev–Trinajstić information content (AvgIpc) is 3.02. The molecule has 258 valence electrons. The molecule has 2 aromatic carbocycles. The molecule has 2 aromatic rings. The Morgan fingerprint density at radius 2 is 0.844 bits per heavy atom. The van der Waals surface area contributed by atoms with Crippen LogP contribution in [0.25, 0.3) is 0 Å². The van der Waals surface area contributed by atoms with Crippen molar-refractivity contribution in [3.63, 3.8) is 0 Å². The summed E-state index contributed by atoms with van der Waals surface area (Å²) in [6.45, 7) is 4.45. The fourth-order valence-corrected chi connectivity index (χ4v) is 13.1. The van der Waals surface area contributed by atoms with Crippen LogP contribution in [0.4, 0.5) is 13.2 Å². The van der Waals surface area contributed by atoms with Crippen LogP contribution in [0.3, 0.4) is 0 Å². The molecule has 0 heterocycles. The summed E-state index contributed by atoms with van der Waals surface area (Å²) in [4.78, 5) is 0. The van der Waals surface area contributed by atoms with E-state index in [0.717, 1.165) is 49.7 Å². The van der Waals surface area contributed by atoms with Crippen LogP contribution in [0.1, 0.15) is 153 Å². The third kappa shape index (κ3) is 16.0. The number of halogens is 4. The molecule has 0 aromatic heterocycles. The topological polar surface area (TPSA) is 43.4 Å². The third-order valence-corrected chi connectivity index (χ3v) is 15.9. The molecule has 0 N–H and O–H groups in total. The van der Waals surface area contributed by atoms with E-state index < -0.39 is 35.9 Å². The van der Waals surface area contributed by atoms with Crippen molar-refractivity contribution in [3.05, 3.63) is 66.8 Å². The zero-order valence-electron chi connectivity index (χ0n) is 27.8. The minimum atomic E-state index is -5.75. The molecule has 0 aliphatic heterocycles. The van der Waals surface area contributed by atoms with Gasteiger partial charge in [-0.2, -0.15) is 0 Å². The van der Waals surface area contributed by atoms with E-state index in [1.165, 1.54) is 89.9 Å². The Hall–Kier alpha value is -1.13. The van der Waals surface area contributed by atoms with E-state index in [2.05, 4.69) is 13.8 Å². The van der Waals surface area contributed by atoms with E-state index in [0.29, 0.717) is 20.0 Å². The molecule has 0 bridgehead atoms. The number of unbranched alkanes of at least 4 members (excludes halogenated alkanes) is 18. The molecular weight excluding hydrogens is 708 g/mol. The van der Waals surface area contributed by atoms with Gasteiger partial charge in [-0.25, -0.2) is 0 Å². The number of rotatable bonds is 26. The van der Waals surface area contributed by atoms with Crippen molar-refractivity contribution in [1.82, 2.24) is 0 Å². The van der Waals surface area contributed by atoms with E-state index in [9.17, 15) is 21.6 Å². The Morgan fingerprint density at radius 3 is 1.18 bits per heavy atom. The van der Waals surface area contributed by atoms with Crippen LogP contribution in [0.5, 0.6) is 0 Å². The summed E-state index contributed by atoms with van der Waals surface area (Å²) in [5, 5.41) is 0. The maximum absolute atomic E-state index is 13.6. The summed E-state index contributed by atoms with van der Waals surface area (Å²) in [6, 6.07) is 14.8. The van der Waals surface area contributed by atoms with Gasteiger partial charge >= 0.3 is 255 Å². The molecule has 0 unspecified atom stereocenters. The zero-order chi connectivity index (χ0) is 32.8. The molecule has 2 rings (SSSR count). The number of aryl methyl sites for hydroxylation is 2. The molecule has 0 aliphatic rings. The van der Waals surface area contributed by atoms with Crippen molar-refractivity contribution < 1.29 is 24.1 Å². The molecule has 0 radical (unpaired) electrons. The fraction of sp³-hybridized carbons (Fsp3) is 0.676. The summed E-state index contributed by atoms with van der Waals surface area (Å²) in [7, 11) is -5.75. The van der Waals surface area contributed by atoms with E-state index in [1.54, 1.807) is 24.3 Å². The molecular formula is C37H58F3IO3S. The first-order valence-corrected chi connectivity index (χ1v) is 22.0. The first kappa shape index (κ1) is 40.0. The molecule has 0 atom stereocenters. The predicted molar refractivity (Wildman–Crippen MR) is 191 cm³/mol. The van der Waals surface area contributed by atoms with Crippen LogP contribution in [0, 0.1) is 7.14 Å². The number of alkyl halides is 3. The van der Waals surface area contributed by atoms with Gasteiger partial charge in [0.05, 0.1) is 0 Å². The Balaban J connectivity index is 2.08. The quantitative estimate of drug-likeness (QED) is 0.0544. The zero-order valence-corrected chi connectivity index (χ0v) is 30.8. The van der Waals surface area contributed by atoms with Gasteiger partial charge in [-0.05, 0) is 0 Å². The summed E-state index contributed by atoms with van der Waals surface area (Å²) in [5.74, 6) is 0. The maximum atomic E-state index is 13.6. The second-order valence-corrected chi connectivity index (χ2v) is 18.6. The molecule has 45 heavy (non-hydrogen) atoms. The summed E-state index contributed by atoms with van der Waals surface area (Å²) < 4.78 is 72.2. The van der Waals surface area contributed by atoms with Crippen LogP contribution in [0.15, 0.2) is 48.5 Å². The van der Waals surface area contributed by atoms with Gasteiger partial charge in [0, 0.05) is 0 Å². The SMILES string of the molecule is CCCCCCCCCCCCc1ccccc1I(OS(=O)(=O)C(F)(F)F)c1ccccc1CCCCCCCCCCCC. The number of benzene rings is 2. The molecule has 0 saturated heterocycles. The molecule has 8 heteroatoms. The van der Waals surface area contributed by atoms with Crippen molar-refractivity contribution in [2.24, 2.45) is 0 Å². The number of hydrogen-bond donors (Lipinski definition) is 0. The Bertz CT molecular complexity index is 1090. The van der Waals surface area contributed by atoms with Crippen molar-refractivity contribution in [1.29, 1.82) is 0 Å². The molecule has 0 spiro atoms. The van der Waals surface area contributed by atoms with Gasteiger partial charge in [0.1, 0.15) is 0 Å². The van der Waals surface area contributed by atoms with E-state index >= 15 is 0 Å². The minimum absolute atomic E-state index is 0.654. The van der Waals surface area contributed by atoms with Crippen LogP contribution >= 0.6 is 20.2 Å². The first-order chi connectivity index (χ1) is 21.7. The average molecular weight is 767 g/mol. The summed E-state index contributed by atoms with van der Waals surface area (Å²) >= 11 is -3.47. The third-order valence-electron chi connectivity index (χ3n) is 8.31. The second-order valence-electron chi connectivity index (χ2n) is 12.3. The van der Waals surface area contributed by atoms with Gasteiger partial charge in [-0.3, -0.25) is 0 Å². The van der Waals surface area contributed by atoms with Crippen molar-refractivity contribution >= 4 is 30.4 Å². The van der Waals surface area contributed by atoms with Gasteiger partial charge in [0.25, 0.3) is 0 Å². The molecule has 0 fully saturated rings. The molecule has 0 aliphatic carbocycles. The van der Waals surface area contributed by atoms with Crippen LogP contribution < -0.4 is 0 Å². The molecule has 0 saturated carbocycles. The van der Waals surface area contributed by atoms with Gasteiger partial charge < -0.3 is 0 Å². The van der Waals surface area contributed by atoms with E-state index in [4.69, 9.17) is 2.51 Å². The van der Waals surface area contributed by atoms with Gasteiger partial charge in [-0.1, -0.05) is 26.7 Å². The van der Waals surface area contributed by atoms with E-state index in [1.807, 2.05) is 24.3 Å².